The first kappa shape index (κ1) is 15.1. The molecule has 0 aliphatic rings. The molecule has 0 saturated heterocycles. The van der Waals surface area contributed by atoms with Crippen LogP contribution in [0.4, 0.5) is 5.69 Å². The monoisotopic (exact) mass is 287 g/mol. The van der Waals surface area contributed by atoms with Crippen molar-refractivity contribution in [1.82, 2.24) is 10.1 Å². The van der Waals surface area contributed by atoms with Crippen LogP contribution >= 0.6 is 0 Å². The van der Waals surface area contributed by atoms with Crippen LogP contribution in [0.5, 0.6) is 0 Å². The van der Waals surface area contributed by atoms with Crippen LogP contribution in [-0.2, 0) is 6.54 Å². The molecule has 0 saturated carbocycles. The topological polar surface area (TPSA) is 49.6 Å². The van der Waals surface area contributed by atoms with E-state index in [1.54, 1.807) is 25.8 Å². The van der Waals surface area contributed by atoms with E-state index in [0.717, 1.165) is 11.3 Å². The van der Waals surface area contributed by atoms with Crippen molar-refractivity contribution in [3.63, 3.8) is 0 Å². The lowest BCUT2D eigenvalue weighted by molar-refractivity contribution is 0.0782. The summed E-state index contributed by atoms with van der Waals surface area (Å²) >= 11 is 0. The summed E-state index contributed by atoms with van der Waals surface area (Å²) in [5, 5.41) is 3.83. The number of rotatable bonds is 4. The van der Waals surface area contributed by atoms with Crippen molar-refractivity contribution in [3.8, 4) is 0 Å². The molecule has 0 spiro atoms. The molecule has 0 aliphatic heterocycles. The molecule has 112 valence electrons. The molecule has 1 heterocycles. The van der Waals surface area contributed by atoms with E-state index in [2.05, 4.69) is 5.16 Å². The van der Waals surface area contributed by atoms with Gasteiger partial charge < -0.3 is 14.3 Å². The van der Waals surface area contributed by atoms with E-state index in [4.69, 9.17) is 4.52 Å². The fourth-order valence-electron chi connectivity index (χ4n) is 2.22. The number of aromatic nitrogens is 1. The Bertz CT molecular complexity index is 610. The predicted molar refractivity (Wildman–Crippen MR) is 82.5 cm³/mol. The molecule has 0 bridgehead atoms. The number of hydrogen-bond acceptors (Lipinski definition) is 4. The van der Waals surface area contributed by atoms with Crippen molar-refractivity contribution in [2.24, 2.45) is 0 Å². The lowest BCUT2D eigenvalue weighted by Crippen LogP contribution is -2.27. The molecular weight excluding hydrogens is 266 g/mol. The van der Waals surface area contributed by atoms with Crippen LogP contribution in [0.25, 0.3) is 0 Å². The lowest BCUT2D eigenvalue weighted by atomic mass is 10.1. The van der Waals surface area contributed by atoms with Gasteiger partial charge in [0.25, 0.3) is 5.91 Å². The first-order valence-corrected chi connectivity index (χ1v) is 6.84. The first-order valence-electron chi connectivity index (χ1n) is 6.84. The molecule has 21 heavy (non-hydrogen) atoms. The van der Waals surface area contributed by atoms with E-state index < -0.39 is 0 Å². The van der Waals surface area contributed by atoms with Crippen molar-refractivity contribution in [3.05, 3.63) is 46.8 Å². The lowest BCUT2D eigenvalue weighted by Gasteiger charge is -2.18. The van der Waals surface area contributed by atoms with Crippen LogP contribution in [0, 0.1) is 13.8 Å². The minimum absolute atomic E-state index is 0.0667. The standard InChI is InChI=1S/C16H21N3O2/c1-11-15(12(2)21-17-11)16(20)19(5)10-13-6-8-14(9-7-13)18(3)4/h6-9H,10H2,1-5H3. The van der Waals surface area contributed by atoms with E-state index in [0.29, 0.717) is 23.6 Å². The Balaban J connectivity index is 2.11. The molecule has 1 aromatic carbocycles. The van der Waals surface area contributed by atoms with E-state index in [1.807, 2.05) is 43.3 Å². The SMILES string of the molecule is Cc1noc(C)c1C(=O)N(C)Cc1ccc(N(C)C)cc1. The van der Waals surface area contributed by atoms with E-state index >= 15 is 0 Å². The molecule has 0 radical (unpaired) electrons. The van der Waals surface area contributed by atoms with Gasteiger partial charge in [0.2, 0.25) is 0 Å². The zero-order valence-electron chi connectivity index (χ0n) is 13.2. The van der Waals surface area contributed by atoms with Gasteiger partial charge in [-0.3, -0.25) is 4.79 Å². The molecule has 0 unspecified atom stereocenters. The number of anilines is 1. The number of benzene rings is 1. The average molecular weight is 287 g/mol. The highest BCUT2D eigenvalue weighted by atomic mass is 16.5. The second-order valence-corrected chi connectivity index (χ2v) is 5.42. The number of carbonyl (C=O) groups is 1. The maximum atomic E-state index is 12.4. The third-order valence-electron chi connectivity index (χ3n) is 3.47. The molecule has 5 nitrogen and oxygen atoms in total. The van der Waals surface area contributed by atoms with Gasteiger partial charge in [0, 0.05) is 33.4 Å². The van der Waals surface area contributed by atoms with Gasteiger partial charge in [0.05, 0.1) is 5.69 Å². The van der Waals surface area contributed by atoms with Gasteiger partial charge >= 0.3 is 0 Å². The zero-order valence-corrected chi connectivity index (χ0v) is 13.2. The van der Waals surface area contributed by atoms with Gasteiger partial charge in [-0.05, 0) is 31.5 Å². The molecular formula is C16H21N3O2. The maximum Gasteiger partial charge on any atom is 0.259 e. The van der Waals surface area contributed by atoms with Crippen LogP contribution in [-0.4, -0.2) is 37.1 Å². The van der Waals surface area contributed by atoms with Crippen molar-refractivity contribution in [2.45, 2.75) is 20.4 Å². The van der Waals surface area contributed by atoms with Gasteiger partial charge in [-0.1, -0.05) is 17.3 Å². The normalized spacial score (nSPS) is 10.5. The van der Waals surface area contributed by atoms with E-state index in [-0.39, 0.29) is 5.91 Å². The van der Waals surface area contributed by atoms with E-state index in [9.17, 15) is 4.79 Å². The molecule has 2 aromatic rings. The quantitative estimate of drug-likeness (QED) is 0.867. The Kier molecular flexibility index (Phi) is 4.31. The number of carbonyl (C=O) groups excluding carboxylic acids is 1. The summed E-state index contributed by atoms with van der Waals surface area (Å²) in [6.07, 6.45) is 0. The smallest absolute Gasteiger partial charge is 0.259 e. The number of aryl methyl sites for hydroxylation is 2. The highest BCUT2D eigenvalue weighted by molar-refractivity contribution is 5.95. The number of nitrogens with zero attached hydrogens (tertiary/aromatic N) is 3. The highest BCUT2D eigenvalue weighted by Crippen LogP contribution is 2.17. The fraction of sp³-hybridized carbons (Fsp3) is 0.375. The summed E-state index contributed by atoms with van der Waals surface area (Å²) in [6, 6.07) is 8.16. The number of amides is 1. The van der Waals surface area contributed by atoms with Crippen molar-refractivity contribution < 1.29 is 9.32 Å². The average Bonchev–Trinajstić information content (AvgIpc) is 2.78. The zero-order chi connectivity index (χ0) is 15.6. The van der Waals surface area contributed by atoms with Gasteiger partial charge in [-0.25, -0.2) is 0 Å². The highest BCUT2D eigenvalue weighted by Gasteiger charge is 2.21. The number of hydrogen-bond donors (Lipinski definition) is 0. The molecule has 0 aliphatic carbocycles. The summed E-state index contributed by atoms with van der Waals surface area (Å²) in [6.45, 7) is 4.09. The second kappa shape index (κ2) is 5.99. The summed E-state index contributed by atoms with van der Waals surface area (Å²) < 4.78 is 5.06. The Morgan fingerprint density at radius 1 is 1.14 bits per heavy atom. The van der Waals surface area contributed by atoms with Crippen molar-refractivity contribution >= 4 is 11.6 Å². The van der Waals surface area contributed by atoms with Crippen LogP contribution in [0.2, 0.25) is 0 Å². The largest absolute Gasteiger partial charge is 0.378 e. The Morgan fingerprint density at radius 2 is 1.76 bits per heavy atom. The summed E-state index contributed by atoms with van der Waals surface area (Å²) in [5.41, 5.74) is 3.41. The van der Waals surface area contributed by atoms with Crippen LogP contribution in [0.3, 0.4) is 0 Å². The minimum Gasteiger partial charge on any atom is -0.378 e. The summed E-state index contributed by atoms with van der Waals surface area (Å²) in [5.74, 6) is 0.496. The van der Waals surface area contributed by atoms with Crippen molar-refractivity contribution in [2.75, 3.05) is 26.0 Å². The van der Waals surface area contributed by atoms with Gasteiger partial charge in [0.1, 0.15) is 11.3 Å². The van der Waals surface area contributed by atoms with Crippen LogP contribution < -0.4 is 4.90 Å². The maximum absolute atomic E-state index is 12.4. The minimum atomic E-state index is -0.0667. The van der Waals surface area contributed by atoms with E-state index in [1.165, 1.54) is 0 Å². The molecule has 0 atom stereocenters. The van der Waals surface area contributed by atoms with Crippen LogP contribution in [0.1, 0.15) is 27.4 Å². The summed E-state index contributed by atoms with van der Waals surface area (Å²) in [7, 11) is 5.79. The molecule has 0 fully saturated rings. The van der Waals surface area contributed by atoms with Crippen LogP contribution in [0.15, 0.2) is 28.8 Å². The van der Waals surface area contributed by atoms with Gasteiger partial charge in [-0.2, -0.15) is 0 Å². The Hall–Kier alpha value is -2.30. The Labute approximate surface area is 125 Å². The molecule has 1 aromatic heterocycles. The fourth-order valence-corrected chi connectivity index (χ4v) is 2.22. The first-order chi connectivity index (χ1) is 9.90. The van der Waals surface area contributed by atoms with Crippen molar-refractivity contribution in [1.29, 1.82) is 0 Å². The van der Waals surface area contributed by atoms with Gasteiger partial charge in [0.15, 0.2) is 0 Å². The summed E-state index contributed by atoms with van der Waals surface area (Å²) in [4.78, 5) is 16.2. The molecule has 5 heteroatoms. The third kappa shape index (κ3) is 3.24. The Morgan fingerprint density at radius 3 is 2.24 bits per heavy atom. The second-order valence-electron chi connectivity index (χ2n) is 5.42. The molecule has 1 amide bonds. The van der Waals surface area contributed by atoms with Gasteiger partial charge in [-0.15, -0.1) is 0 Å². The third-order valence-corrected chi connectivity index (χ3v) is 3.47. The predicted octanol–water partition coefficient (Wildman–Crippen LogP) is 2.63. The molecule has 0 N–H and O–H groups in total. The molecule has 2 rings (SSSR count).